The molecule has 2 saturated heterocycles. The number of hydrogen-bond donors (Lipinski definition) is 0. The molecule has 2 aliphatic rings. The maximum Gasteiger partial charge on any atom is 0.328 e. The van der Waals surface area contributed by atoms with Crippen LogP contribution in [0.25, 0.3) is 0 Å². The van der Waals surface area contributed by atoms with E-state index >= 15 is 0 Å². The number of carbonyl (C=O) groups is 2. The summed E-state index contributed by atoms with van der Waals surface area (Å²) >= 11 is 1.72. The number of amides is 1. The number of piperidine rings is 1. The second-order valence-electron chi connectivity index (χ2n) is 5.22. The lowest BCUT2D eigenvalue weighted by Gasteiger charge is -2.38. The molecule has 0 aromatic carbocycles. The van der Waals surface area contributed by atoms with E-state index in [2.05, 4.69) is 0 Å². The number of methoxy groups -OCH3 is 1. The van der Waals surface area contributed by atoms with E-state index in [1.807, 2.05) is 6.92 Å². The summed E-state index contributed by atoms with van der Waals surface area (Å²) in [7, 11) is 1.39. The number of esters is 1. The Labute approximate surface area is 112 Å². The fourth-order valence-electron chi connectivity index (χ4n) is 2.81. The van der Waals surface area contributed by atoms with Gasteiger partial charge in [0.05, 0.1) is 11.9 Å². The molecule has 0 aromatic rings. The number of carbonyl (C=O) groups excluding carboxylic acids is 2. The molecule has 0 aromatic heterocycles. The van der Waals surface area contributed by atoms with Gasteiger partial charge in [-0.2, -0.15) is 0 Å². The highest BCUT2D eigenvalue weighted by Crippen LogP contribution is 2.40. The lowest BCUT2D eigenvalue weighted by atomic mass is 9.97. The van der Waals surface area contributed by atoms with Crippen LogP contribution in [0, 0.1) is 0 Å². The van der Waals surface area contributed by atoms with Crippen molar-refractivity contribution in [3.63, 3.8) is 0 Å². The fourth-order valence-corrected chi connectivity index (χ4v) is 4.08. The van der Waals surface area contributed by atoms with Crippen molar-refractivity contribution in [1.29, 1.82) is 0 Å². The Morgan fingerprint density at radius 1 is 1.33 bits per heavy atom. The molecule has 102 valence electrons. The van der Waals surface area contributed by atoms with Gasteiger partial charge >= 0.3 is 5.97 Å². The SMILES string of the molecule is COC(=O)C1CCCCN1C(=O)C1(C)CCCS1. The molecule has 2 rings (SSSR count). The third-order valence-electron chi connectivity index (χ3n) is 3.91. The molecule has 2 unspecified atom stereocenters. The maximum absolute atomic E-state index is 12.7. The molecule has 2 fully saturated rings. The molecular weight excluding hydrogens is 250 g/mol. The lowest BCUT2D eigenvalue weighted by molar-refractivity contribution is -0.155. The highest BCUT2D eigenvalue weighted by atomic mass is 32.2. The zero-order chi connectivity index (χ0) is 13.2. The Bertz CT molecular complexity index is 339. The van der Waals surface area contributed by atoms with Gasteiger partial charge < -0.3 is 9.64 Å². The number of nitrogens with zero attached hydrogens (tertiary/aromatic N) is 1. The summed E-state index contributed by atoms with van der Waals surface area (Å²) in [4.78, 5) is 26.2. The highest BCUT2D eigenvalue weighted by molar-refractivity contribution is 8.01. The molecule has 18 heavy (non-hydrogen) atoms. The monoisotopic (exact) mass is 271 g/mol. The number of thioether (sulfide) groups is 1. The van der Waals surface area contributed by atoms with Crippen LogP contribution in [0.2, 0.25) is 0 Å². The standard InChI is InChI=1S/C13H21NO3S/c1-13(7-5-9-18-13)12(16)14-8-4-3-6-10(14)11(15)17-2/h10H,3-9H2,1-2H3. The third-order valence-corrected chi connectivity index (χ3v) is 5.42. The topological polar surface area (TPSA) is 46.6 Å². The van der Waals surface area contributed by atoms with Crippen molar-refractivity contribution in [3.05, 3.63) is 0 Å². The molecular formula is C13H21NO3S. The van der Waals surface area contributed by atoms with E-state index in [0.29, 0.717) is 6.54 Å². The van der Waals surface area contributed by atoms with Crippen LogP contribution in [0.4, 0.5) is 0 Å². The van der Waals surface area contributed by atoms with Crippen LogP contribution in [0.15, 0.2) is 0 Å². The first-order valence-electron chi connectivity index (χ1n) is 6.61. The minimum atomic E-state index is -0.366. The number of ether oxygens (including phenoxy) is 1. The maximum atomic E-state index is 12.7. The normalized spacial score (nSPS) is 32.3. The average Bonchev–Trinajstić information content (AvgIpc) is 2.85. The summed E-state index contributed by atoms with van der Waals surface area (Å²) in [5.41, 5.74) is 0. The van der Waals surface area contributed by atoms with Crippen LogP contribution in [-0.2, 0) is 14.3 Å². The largest absolute Gasteiger partial charge is 0.467 e. The van der Waals surface area contributed by atoms with Gasteiger partial charge in [-0.1, -0.05) is 0 Å². The predicted octanol–water partition coefficient (Wildman–Crippen LogP) is 1.83. The van der Waals surface area contributed by atoms with Gasteiger partial charge in [0, 0.05) is 6.54 Å². The number of hydrogen-bond acceptors (Lipinski definition) is 4. The van der Waals surface area contributed by atoms with E-state index < -0.39 is 0 Å². The quantitative estimate of drug-likeness (QED) is 0.719. The molecule has 2 aliphatic heterocycles. The van der Waals surface area contributed by atoms with Crippen molar-refractivity contribution >= 4 is 23.6 Å². The van der Waals surface area contributed by atoms with Crippen molar-refractivity contribution in [2.24, 2.45) is 0 Å². The van der Waals surface area contributed by atoms with Gasteiger partial charge in [-0.3, -0.25) is 4.79 Å². The second kappa shape index (κ2) is 5.51. The Kier molecular flexibility index (Phi) is 4.20. The predicted molar refractivity (Wildman–Crippen MR) is 71.5 cm³/mol. The summed E-state index contributed by atoms with van der Waals surface area (Å²) in [6.45, 7) is 2.70. The lowest BCUT2D eigenvalue weighted by Crippen LogP contribution is -2.54. The van der Waals surface area contributed by atoms with Gasteiger partial charge in [0.15, 0.2) is 0 Å². The van der Waals surface area contributed by atoms with Gasteiger partial charge in [-0.15, -0.1) is 11.8 Å². The molecule has 0 N–H and O–H groups in total. The van der Waals surface area contributed by atoms with E-state index in [9.17, 15) is 9.59 Å². The van der Waals surface area contributed by atoms with E-state index in [4.69, 9.17) is 4.74 Å². The first kappa shape index (κ1) is 13.7. The van der Waals surface area contributed by atoms with Gasteiger partial charge in [0.1, 0.15) is 6.04 Å². The fraction of sp³-hybridized carbons (Fsp3) is 0.846. The van der Waals surface area contributed by atoms with Gasteiger partial charge in [0.2, 0.25) is 5.91 Å². The van der Waals surface area contributed by atoms with E-state index in [1.165, 1.54) is 7.11 Å². The zero-order valence-corrected chi connectivity index (χ0v) is 11.9. The van der Waals surface area contributed by atoms with Crippen LogP contribution in [0.1, 0.15) is 39.0 Å². The van der Waals surface area contributed by atoms with Crippen molar-refractivity contribution in [3.8, 4) is 0 Å². The molecule has 2 heterocycles. The molecule has 1 amide bonds. The van der Waals surface area contributed by atoms with Crippen LogP contribution < -0.4 is 0 Å². The smallest absolute Gasteiger partial charge is 0.328 e. The van der Waals surface area contributed by atoms with E-state index in [1.54, 1.807) is 16.7 Å². The molecule has 0 radical (unpaired) electrons. The first-order chi connectivity index (χ1) is 8.58. The van der Waals surface area contributed by atoms with Crippen molar-refractivity contribution < 1.29 is 14.3 Å². The summed E-state index contributed by atoms with van der Waals surface area (Å²) in [5, 5.41) is 0. The first-order valence-corrected chi connectivity index (χ1v) is 7.60. The Morgan fingerprint density at radius 3 is 2.72 bits per heavy atom. The summed E-state index contributed by atoms with van der Waals surface area (Å²) < 4.78 is 4.50. The van der Waals surface area contributed by atoms with Crippen molar-refractivity contribution in [2.75, 3.05) is 19.4 Å². The molecule has 0 bridgehead atoms. The summed E-state index contributed by atoms with van der Waals surface area (Å²) in [6, 6.07) is -0.366. The molecule has 0 saturated carbocycles. The Hall–Kier alpha value is -0.710. The Balaban J connectivity index is 2.13. The molecule has 0 spiro atoms. The second-order valence-corrected chi connectivity index (χ2v) is 6.81. The zero-order valence-electron chi connectivity index (χ0n) is 11.1. The average molecular weight is 271 g/mol. The minimum Gasteiger partial charge on any atom is -0.467 e. The molecule has 0 aliphatic carbocycles. The highest BCUT2D eigenvalue weighted by Gasteiger charge is 2.44. The van der Waals surface area contributed by atoms with Gasteiger partial charge in [-0.25, -0.2) is 4.79 Å². The Morgan fingerprint density at radius 2 is 2.11 bits per heavy atom. The number of rotatable bonds is 2. The molecule has 5 heteroatoms. The van der Waals surface area contributed by atoms with Crippen molar-refractivity contribution in [2.45, 2.75) is 49.8 Å². The van der Waals surface area contributed by atoms with Crippen LogP contribution >= 0.6 is 11.8 Å². The summed E-state index contributed by atoms with van der Waals surface area (Å²) in [5.74, 6) is 0.897. The van der Waals surface area contributed by atoms with Gasteiger partial charge in [-0.05, 0) is 44.8 Å². The van der Waals surface area contributed by atoms with Crippen LogP contribution in [0.5, 0.6) is 0 Å². The van der Waals surface area contributed by atoms with Crippen LogP contribution in [-0.4, -0.2) is 47.0 Å². The van der Waals surface area contributed by atoms with Crippen LogP contribution in [0.3, 0.4) is 0 Å². The van der Waals surface area contributed by atoms with Crippen molar-refractivity contribution in [1.82, 2.24) is 4.90 Å². The summed E-state index contributed by atoms with van der Waals surface area (Å²) in [6.07, 6.45) is 4.72. The van der Waals surface area contributed by atoms with E-state index in [0.717, 1.165) is 37.9 Å². The molecule has 2 atom stereocenters. The third kappa shape index (κ3) is 2.51. The van der Waals surface area contributed by atoms with Gasteiger partial charge in [0.25, 0.3) is 0 Å². The van der Waals surface area contributed by atoms with E-state index in [-0.39, 0.29) is 22.7 Å². The minimum absolute atomic E-state index is 0.125. The number of likely N-dealkylation sites (tertiary alicyclic amines) is 1. The molecule has 4 nitrogen and oxygen atoms in total.